The van der Waals surface area contributed by atoms with E-state index < -0.39 is 0 Å². The molecule has 0 radical (unpaired) electrons. The van der Waals surface area contributed by atoms with Crippen molar-refractivity contribution in [2.45, 2.75) is 31.6 Å². The van der Waals surface area contributed by atoms with Crippen molar-refractivity contribution in [2.24, 2.45) is 5.73 Å². The molecule has 0 bridgehead atoms. The molecule has 26 heavy (non-hydrogen) atoms. The summed E-state index contributed by atoms with van der Waals surface area (Å²) in [6.07, 6.45) is 0.176. The summed E-state index contributed by atoms with van der Waals surface area (Å²) < 4.78 is 16.5. The van der Waals surface area contributed by atoms with Crippen LogP contribution in [0.1, 0.15) is 45.5 Å². The number of carbonyl (C=O) groups excluding carboxylic acids is 2. The van der Waals surface area contributed by atoms with E-state index in [9.17, 15) is 9.59 Å². The molecule has 4 N–H and O–H groups in total. The first kappa shape index (κ1) is 18.6. The summed E-state index contributed by atoms with van der Waals surface area (Å²) in [4.78, 5) is 24.7. The van der Waals surface area contributed by atoms with Gasteiger partial charge >= 0.3 is 0 Å². The number of hydrogen-bond acceptors (Lipinski definition) is 6. The Morgan fingerprint density at radius 2 is 1.92 bits per heavy atom. The predicted octanol–water partition coefficient (Wildman–Crippen LogP) is 0.362. The minimum absolute atomic E-state index is 0.0976. The van der Waals surface area contributed by atoms with E-state index in [2.05, 4.69) is 10.6 Å². The van der Waals surface area contributed by atoms with Crippen LogP contribution in [0.5, 0.6) is 5.75 Å². The van der Waals surface area contributed by atoms with Gasteiger partial charge in [0.25, 0.3) is 11.8 Å². The lowest BCUT2D eigenvalue weighted by Gasteiger charge is -2.27. The van der Waals surface area contributed by atoms with Gasteiger partial charge in [-0.25, -0.2) is 0 Å². The molecule has 2 amide bonds. The van der Waals surface area contributed by atoms with E-state index in [0.29, 0.717) is 49.7 Å². The second-order valence-electron chi connectivity index (χ2n) is 6.63. The number of amides is 2. The third-order valence-corrected chi connectivity index (χ3v) is 4.52. The number of hydrogen-bond donors (Lipinski definition) is 3. The van der Waals surface area contributed by atoms with Crippen LogP contribution in [0, 0.1) is 0 Å². The Morgan fingerprint density at radius 1 is 1.19 bits per heavy atom. The molecule has 2 aliphatic rings. The molecule has 1 atom stereocenters. The smallest absolute Gasteiger partial charge is 0.254 e. The van der Waals surface area contributed by atoms with Crippen LogP contribution in [-0.2, 0) is 9.47 Å². The van der Waals surface area contributed by atoms with Crippen molar-refractivity contribution in [3.05, 3.63) is 28.8 Å². The predicted molar refractivity (Wildman–Crippen MR) is 94.4 cm³/mol. The zero-order chi connectivity index (χ0) is 18.7. The van der Waals surface area contributed by atoms with E-state index in [0.717, 1.165) is 5.56 Å². The van der Waals surface area contributed by atoms with Crippen LogP contribution >= 0.6 is 0 Å². The molecule has 1 fully saturated rings. The van der Waals surface area contributed by atoms with E-state index in [1.165, 1.54) is 0 Å². The first-order chi connectivity index (χ1) is 12.5. The van der Waals surface area contributed by atoms with Crippen molar-refractivity contribution in [1.82, 2.24) is 10.6 Å². The largest absolute Gasteiger partial charge is 0.492 e. The number of nitrogens with two attached hydrogens (primary N) is 1. The van der Waals surface area contributed by atoms with Gasteiger partial charge < -0.3 is 30.6 Å². The summed E-state index contributed by atoms with van der Waals surface area (Å²) in [5, 5.41) is 5.43. The maximum atomic E-state index is 12.5. The van der Waals surface area contributed by atoms with Crippen molar-refractivity contribution < 1.29 is 23.8 Å². The minimum atomic E-state index is -0.357. The SMILES string of the molecule is CNC(=O)c1cc(C(=O)NCCC2OCC(N)CO2)cc2c1OCC2C. The average Bonchev–Trinajstić information content (AvgIpc) is 3.03. The van der Waals surface area contributed by atoms with E-state index in [-0.39, 0.29) is 30.1 Å². The Kier molecular flexibility index (Phi) is 5.75. The van der Waals surface area contributed by atoms with Gasteiger partial charge in [-0.05, 0) is 12.1 Å². The molecule has 142 valence electrons. The summed E-state index contributed by atoms with van der Waals surface area (Å²) in [5.74, 6) is 0.179. The highest BCUT2D eigenvalue weighted by Crippen LogP contribution is 2.37. The molecule has 8 heteroatoms. The van der Waals surface area contributed by atoms with E-state index in [4.69, 9.17) is 19.9 Å². The van der Waals surface area contributed by atoms with Gasteiger partial charge in [0.15, 0.2) is 6.29 Å². The maximum absolute atomic E-state index is 12.5. The normalized spacial score (nSPS) is 24.5. The summed E-state index contributed by atoms with van der Waals surface area (Å²) in [6, 6.07) is 3.26. The molecule has 2 aliphatic heterocycles. The number of fused-ring (bicyclic) bond motifs is 1. The summed E-state index contributed by atoms with van der Waals surface area (Å²) in [5.41, 5.74) is 7.39. The molecule has 1 aromatic carbocycles. The Morgan fingerprint density at radius 3 is 2.62 bits per heavy atom. The Bertz CT molecular complexity index is 686. The monoisotopic (exact) mass is 363 g/mol. The molecule has 1 aromatic rings. The molecule has 8 nitrogen and oxygen atoms in total. The first-order valence-electron chi connectivity index (χ1n) is 8.79. The fourth-order valence-electron chi connectivity index (χ4n) is 3.04. The van der Waals surface area contributed by atoms with Crippen molar-refractivity contribution in [2.75, 3.05) is 33.4 Å². The number of nitrogens with one attached hydrogen (secondary N) is 2. The Balaban J connectivity index is 1.65. The summed E-state index contributed by atoms with van der Waals surface area (Å²) in [6.45, 7) is 3.82. The van der Waals surface area contributed by atoms with Crippen molar-refractivity contribution in [3.63, 3.8) is 0 Å². The third kappa shape index (κ3) is 3.98. The molecule has 0 aliphatic carbocycles. The molecule has 1 unspecified atom stereocenters. The molecule has 0 saturated carbocycles. The molecular weight excluding hydrogens is 338 g/mol. The van der Waals surface area contributed by atoms with Crippen LogP contribution in [0.25, 0.3) is 0 Å². The van der Waals surface area contributed by atoms with Crippen LogP contribution in [0.15, 0.2) is 12.1 Å². The second-order valence-corrected chi connectivity index (χ2v) is 6.63. The molecule has 0 spiro atoms. The first-order valence-corrected chi connectivity index (χ1v) is 8.79. The van der Waals surface area contributed by atoms with Gasteiger partial charge in [-0.2, -0.15) is 0 Å². The fraction of sp³-hybridized carbons (Fsp3) is 0.556. The lowest BCUT2D eigenvalue weighted by atomic mass is 9.97. The highest BCUT2D eigenvalue weighted by atomic mass is 16.7. The van der Waals surface area contributed by atoms with E-state index in [1.807, 2.05) is 6.92 Å². The topological polar surface area (TPSA) is 112 Å². The van der Waals surface area contributed by atoms with Gasteiger partial charge in [0, 0.05) is 37.1 Å². The number of benzene rings is 1. The highest BCUT2D eigenvalue weighted by Gasteiger charge is 2.28. The summed E-state index contributed by atoms with van der Waals surface area (Å²) in [7, 11) is 1.55. The molecular formula is C18H25N3O5. The lowest BCUT2D eigenvalue weighted by Crippen LogP contribution is -2.42. The number of carbonyl (C=O) groups is 2. The van der Waals surface area contributed by atoms with Crippen LogP contribution in [-0.4, -0.2) is 57.6 Å². The Labute approximate surface area is 152 Å². The van der Waals surface area contributed by atoms with Gasteiger partial charge in [-0.1, -0.05) is 6.92 Å². The molecule has 0 aromatic heterocycles. The lowest BCUT2D eigenvalue weighted by molar-refractivity contribution is -0.186. The molecule has 1 saturated heterocycles. The average molecular weight is 363 g/mol. The van der Waals surface area contributed by atoms with Gasteiger partial charge in [-0.3, -0.25) is 9.59 Å². The van der Waals surface area contributed by atoms with Crippen LogP contribution in [0.2, 0.25) is 0 Å². The molecule has 3 rings (SSSR count). The quantitative estimate of drug-likeness (QED) is 0.697. The maximum Gasteiger partial charge on any atom is 0.254 e. The minimum Gasteiger partial charge on any atom is -0.492 e. The van der Waals surface area contributed by atoms with Crippen LogP contribution in [0.3, 0.4) is 0 Å². The van der Waals surface area contributed by atoms with E-state index >= 15 is 0 Å². The fourth-order valence-corrected chi connectivity index (χ4v) is 3.04. The molecule has 2 heterocycles. The standard InChI is InChI=1S/C18H25N3O5/c1-10-7-26-16-13(10)5-11(6-14(16)18(23)20-2)17(22)21-4-3-15-24-8-12(19)9-25-15/h5-6,10,12,15H,3-4,7-9,19H2,1-2H3,(H,20,23)(H,21,22). The zero-order valence-corrected chi connectivity index (χ0v) is 15.0. The highest BCUT2D eigenvalue weighted by molar-refractivity contribution is 6.02. The van der Waals surface area contributed by atoms with Gasteiger partial charge in [0.2, 0.25) is 0 Å². The number of ether oxygens (including phenoxy) is 3. The second kappa shape index (κ2) is 8.03. The van der Waals surface area contributed by atoms with Crippen LogP contribution in [0.4, 0.5) is 0 Å². The van der Waals surface area contributed by atoms with Crippen molar-refractivity contribution in [3.8, 4) is 5.75 Å². The van der Waals surface area contributed by atoms with Gasteiger partial charge in [0.05, 0.1) is 31.4 Å². The summed E-state index contributed by atoms with van der Waals surface area (Å²) >= 11 is 0. The number of rotatable bonds is 5. The van der Waals surface area contributed by atoms with Gasteiger partial charge in [-0.15, -0.1) is 0 Å². The van der Waals surface area contributed by atoms with Crippen LogP contribution < -0.4 is 21.1 Å². The van der Waals surface area contributed by atoms with E-state index in [1.54, 1.807) is 19.2 Å². The zero-order valence-electron chi connectivity index (χ0n) is 15.0. The van der Waals surface area contributed by atoms with Gasteiger partial charge in [0.1, 0.15) is 5.75 Å². The third-order valence-electron chi connectivity index (χ3n) is 4.52. The van der Waals surface area contributed by atoms with Crippen molar-refractivity contribution in [1.29, 1.82) is 0 Å². The Hall–Kier alpha value is -2.16. The van der Waals surface area contributed by atoms with Crippen molar-refractivity contribution >= 4 is 11.8 Å².